The first-order valence-electron chi connectivity index (χ1n) is 8.66. The number of rotatable bonds is 3. The molecule has 0 aliphatic carbocycles. The molecule has 0 N–H and O–H groups in total. The molecule has 0 unspecified atom stereocenters. The van der Waals surface area contributed by atoms with Crippen molar-refractivity contribution >= 4 is 34.4 Å². The van der Waals surface area contributed by atoms with Crippen molar-refractivity contribution < 1.29 is 9.53 Å². The predicted molar refractivity (Wildman–Crippen MR) is 107 cm³/mol. The summed E-state index contributed by atoms with van der Waals surface area (Å²) in [4.78, 5) is 14.3. The fourth-order valence-corrected chi connectivity index (χ4v) is 4.40. The fraction of sp³-hybridized carbons (Fsp3) is 0.143. The predicted octanol–water partition coefficient (Wildman–Crippen LogP) is 5.15. The Morgan fingerprint density at radius 3 is 2.70 bits per heavy atom. The Labute approximate surface area is 165 Å². The van der Waals surface area contributed by atoms with E-state index in [2.05, 4.69) is 6.07 Å². The van der Waals surface area contributed by atoms with Gasteiger partial charge in [0.25, 0.3) is 6.23 Å². The van der Waals surface area contributed by atoms with E-state index >= 15 is 0 Å². The van der Waals surface area contributed by atoms with Crippen LogP contribution in [0.2, 0.25) is 5.02 Å². The smallest absolute Gasteiger partial charge is 0.251 e. The van der Waals surface area contributed by atoms with Crippen LogP contribution in [0, 0.1) is 0 Å². The maximum atomic E-state index is 13.2. The number of ketones is 1. The molecule has 3 heterocycles. The van der Waals surface area contributed by atoms with Crippen molar-refractivity contribution in [2.75, 3.05) is 0 Å². The summed E-state index contributed by atoms with van der Waals surface area (Å²) in [7, 11) is 0. The summed E-state index contributed by atoms with van der Waals surface area (Å²) in [6.45, 7) is 0. The molecule has 27 heavy (non-hydrogen) atoms. The van der Waals surface area contributed by atoms with Gasteiger partial charge in [-0.2, -0.15) is 5.10 Å². The molecule has 2 aromatic carbocycles. The minimum Gasteiger partial charge on any atom is -0.461 e. The van der Waals surface area contributed by atoms with Crippen LogP contribution in [0.3, 0.4) is 0 Å². The maximum absolute atomic E-state index is 13.2. The van der Waals surface area contributed by atoms with E-state index in [-0.39, 0.29) is 11.8 Å². The average Bonchev–Trinajstić information content (AvgIpc) is 3.37. The van der Waals surface area contributed by atoms with Crippen LogP contribution in [0.1, 0.15) is 33.3 Å². The Morgan fingerprint density at radius 1 is 1.11 bits per heavy atom. The van der Waals surface area contributed by atoms with E-state index in [1.54, 1.807) is 35.6 Å². The van der Waals surface area contributed by atoms with Gasteiger partial charge in [0, 0.05) is 22.6 Å². The zero-order valence-electron chi connectivity index (χ0n) is 14.2. The van der Waals surface area contributed by atoms with Crippen LogP contribution >= 0.6 is 22.9 Å². The second-order valence-corrected chi connectivity index (χ2v) is 7.89. The molecule has 0 amide bonds. The Bertz CT molecular complexity index is 1030. The lowest BCUT2D eigenvalue weighted by molar-refractivity contribution is -0.00455. The van der Waals surface area contributed by atoms with E-state index in [0.717, 1.165) is 28.3 Å². The van der Waals surface area contributed by atoms with E-state index < -0.39 is 6.23 Å². The number of hydrogen-bond donors (Lipinski definition) is 0. The largest absolute Gasteiger partial charge is 0.461 e. The van der Waals surface area contributed by atoms with Gasteiger partial charge in [-0.05, 0) is 41.8 Å². The maximum Gasteiger partial charge on any atom is 0.251 e. The first-order valence-corrected chi connectivity index (χ1v) is 9.91. The highest BCUT2D eigenvalue weighted by Gasteiger charge is 2.43. The number of ether oxygens (including phenoxy) is 1. The molecule has 3 aromatic rings. The molecule has 4 nitrogen and oxygen atoms in total. The van der Waals surface area contributed by atoms with Gasteiger partial charge in [0.05, 0.1) is 16.6 Å². The third-order valence-corrected chi connectivity index (χ3v) is 6.03. The molecule has 2 aliphatic rings. The van der Waals surface area contributed by atoms with Gasteiger partial charge in [0.15, 0.2) is 0 Å². The van der Waals surface area contributed by atoms with Crippen LogP contribution in [0.15, 0.2) is 71.1 Å². The van der Waals surface area contributed by atoms with E-state index in [0.29, 0.717) is 10.6 Å². The van der Waals surface area contributed by atoms with Crippen molar-refractivity contribution in [3.63, 3.8) is 0 Å². The molecule has 5 rings (SSSR count). The summed E-state index contributed by atoms with van der Waals surface area (Å²) in [6.07, 6.45) is -0.0331. The molecule has 0 spiro atoms. The van der Waals surface area contributed by atoms with Crippen molar-refractivity contribution in [1.82, 2.24) is 5.01 Å². The summed E-state index contributed by atoms with van der Waals surface area (Å²) >= 11 is 7.62. The number of halogens is 1. The number of benzene rings is 2. The Hall–Kier alpha value is -2.63. The van der Waals surface area contributed by atoms with Crippen molar-refractivity contribution in [3.8, 4) is 5.75 Å². The van der Waals surface area contributed by atoms with Crippen LogP contribution in [0.25, 0.3) is 0 Å². The third kappa shape index (κ3) is 2.83. The summed E-state index contributed by atoms with van der Waals surface area (Å²) in [5, 5.41) is 9.23. The lowest BCUT2D eigenvalue weighted by Crippen LogP contribution is -2.45. The van der Waals surface area contributed by atoms with Crippen LogP contribution in [0.5, 0.6) is 5.75 Å². The standard InChI is InChI=1S/C21H15ClN2O2S/c22-14-9-7-13(8-10-14)20(25)21-24-17(15-4-1-2-5-18(15)26-21)12-16(23-24)19-6-3-11-27-19/h1-11,17,21H,12H2/t17-,21-/m1/s1. The SMILES string of the molecule is O=C(c1ccc(Cl)cc1)[C@H]1Oc2ccccc2[C@H]2CC(c3cccs3)=NN12. The van der Waals surface area contributed by atoms with Gasteiger partial charge in [-0.3, -0.25) is 4.79 Å². The molecule has 0 fully saturated rings. The minimum atomic E-state index is -0.788. The molecule has 0 bridgehead atoms. The van der Waals surface area contributed by atoms with Crippen LogP contribution in [0.4, 0.5) is 0 Å². The van der Waals surface area contributed by atoms with Gasteiger partial charge in [0.2, 0.25) is 5.78 Å². The number of nitrogens with zero attached hydrogens (tertiary/aromatic N) is 2. The van der Waals surface area contributed by atoms with Gasteiger partial charge in [-0.25, -0.2) is 5.01 Å². The van der Waals surface area contributed by atoms with E-state index in [4.69, 9.17) is 21.4 Å². The minimum absolute atomic E-state index is 0.00620. The lowest BCUT2D eigenvalue weighted by atomic mass is 9.97. The number of hydrogen-bond acceptors (Lipinski definition) is 5. The number of carbonyl (C=O) groups is 1. The molecule has 2 aliphatic heterocycles. The van der Waals surface area contributed by atoms with E-state index in [1.807, 2.05) is 40.7 Å². The van der Waals surface area contributed by atoms with Gasteiger partial charge in [0.1, 0.15) is 5.75 Å². The summed E-state index contributed by atoms with van der Waals surface area (Å²) in [5.74, 6) is 0.621. The average molecular weight is 395 g/mol. The number of fused-ring (bicyclic) bond motifs is 3. The van der Waals surface area contributed by atoms with Crippen LogP contribution < -0.4 is 4.74 Å². The van der Waals surface area contributed by atoms with Crippen molar-refractivity contribution in [2.45, 2.75) is 18.7 Å². The number of carbonyl (C=O) groups excluding carboxylic acids is 1. The quantitative estimate of drug-likeness (QED) is 0.576. The Morgan fingerprint density at radius 2 is 1.93 bits per heavy atom. The van der Waals surface area contributed by atoms with Crippen molar-refractivity contribution in [1.29, 1.82) is 0 Å². The Kier molecular flexibility index (Phi) is 3.99. The van der Waals surface area contributed by atoms with Crippen molar-refractivity contribution in [3.05, 3.63) is 87.1 Å². The van der Waals surface area contributed by atoms with Crippen LogP contribution in [-0.2, 0) is 0 Å². The zero-order chi connectivity index (χ0) is 18.4. The number of para-hydroxylation sites is 1. The van der Waals surface area contributed by atoms with E-state index in [1.165, 1.54) is 0 Å². The lowest BCUT2D eigenvalue weighted by Gasteiger charge is -2.37. The molecule has 0 radical (unpaired) electrons. The van der Waals surface area contributed by atoms with Gasteiger partial charge in [-0.15, -0.1) is 11.3 Å². The molecule has 134 valence electrons. The zero-order valence-corrected chi connectivity index (χ0v) is 15.8. The molecular weight excluding hydrogens is 380 g/mol. The molecule has 0 saturated heterocycles. The van der Waals surface area contributed by atoms with Crippen LogP contribution in [-0.4, -0.2) is 22.7 Å². The number of Topliss-reactive ketones (excluding diaryl/α,β-unsaturated/α-hetero) is 1. The van der Waals surface area contributed by atoms with E-state index in [9.17, 15) is 4.79 Å². The van der Waals surface area contributed by atoms with Crippen molar-refractivity contribution in [2.24, 2.45) is 5.10 Å². The first kappa shape index (κ1) is 16.5. The van der Waals surface area contributed by atoms with Gasteiger partial charge < -0.3 is 4.74 Å². The normalized spacial score (nSPS) is 20.5. The summed E-state index contributed by atoms with van der Waals surface area (Å²) in [6, 6.07) is 18.8. The van der Waals surface area contributed by atoms with Gasteiger partial charge in [-0.1, -0.05) is 35.9 Å². The highest BCUT2D eigenvalue weighted by atomic mass is 35.5. The number of hydrazone groups is 1. The fourth-order valence-electron chi connectivity index (χ4n) is 3.56. The molecule has 1 aromatic heterocycles. The summed E-state index contributed by atoms with van der Waals surface area (Å²) < 4.78 is 6.10. The first-order chi connectivity index (χ1) is 13.2. The third-order valence-electron chi connectivity index (χ3n) is 4.86. The highest BCUT2D eigenvalue weighted by molar-refractivity contribution is 7.12. The molecular formula is C21H15ClN2O2S. The Balaban J connectivity index is 1.56. The topological polar surface area (TPSA) is 41.9 Å². The summed E-state index contributed by atoms with van der Waals surface area (Å²) in [5.41, 5.74) is 2.61. The molecule has 0 saturated carbocycles. The second-order valence-electron chi connectivity index (χ2n) is 6.50. The second kappa shape index (κ2) is 6.51. The van der Waals surface area contributed by atoms with Gasteiger partial charge >= 0.3 is 0 Å². The molecule has 6 heteroatoms. The highest BCUT2D eigenvalue weighted by Crippen LogP contribution is 2.43. The number of thiophene rings is 1. The molecule has 2 atom stereocenters. The monoisotopic (exact) mass is 394 g/mol.